The topological polar surface area (TPSA) is 15.8 Å². The van der Waals surface area contributed by atoms with Gasteiger partial charge < -0.3 is 4.98 Å². The van der Waals surface area contributed by atoms with Gasteiger partial charge in [-0.05, 0) is 234 Å². The second-order valence-corrected chi connectivity index (χ2v) is 37.7. The number of aromatic amines is 1. The minimum absolute atomic E-state index is 0.740. The number of benzene rings is 3. The number of H-pyrrole nitrogens is 1. The third kappa shape index (κ3) is 46.7. The summed E-state index contributed by atoms with van der Waals surface area (Å²) in [6, 6.07) is 28.4. The number of thioether (sulfide) groups is 1. The normalized spacial score (nSPS) is 12.4. The van der Waals surface area contributed by atoms with Crippen molar-refractivity contribution in [2.24, 2.45) is 160 Å². The maximum Gasteiger partial charge on any atom is 0.0456 e. The molecule has 1 atom stereocenters. The highest BCUT2D eigenvalue weighted by molar-refractivity contribution is 7.98. The van der Waals surface area contributed by atoms with Crippen LogP contribution >= 0.6 is 11.8 Å². The fourth-order valence-electron chi connectivity index (χ4n) is 16.1. The third-order valence-electron chi connectivity index (χ3n) is 22.3. The van der Waals surface area contributed by atoms with Gasteiger partial charge >= 0.3 is 0 Å². The lowest BCUT2D eigenvalue weighted by molar-refractivity contribution is 0.194. The number of aromatic nitrogens is 1. The monoisotopic (exact) mass is 1370 g/mol. The molecule has 0 radical (unpaired) electrons. The predicted octanol–water partition coefficient (Wildman–Crippen LogP) is 31.4. The van der Waals surface area contributed by atoms with Gasteiger partial charge in [-0.25, -0.2) is 0 Å². The molecular weight excluding hydrogens is 1190 g/mol. The summed E-state index contributed by atoms with van der Waals surface area (Å²) < 4.78 is 0. The van der Waals surface area contributed by atoms with Crippen molar-refractivity contribution in [1.29, 1.82) is 0 Å². The average Bonchev–Trinajstić information content (AvgIpc) is 1.69. The summed E-state index contributed by atoms with van der Waals surface area (Å²) in [5.74, 6) is 23.7. The van der Waals surface area contributed by atoms with E-state index in [2.05, 4.69) is 373 Å². The van der Waals surface area contributed by atoms with Gasteiger partial charge in [0.2, 0.25) is 0 Å². The van der Waals surface area contributed by atoms with Crippen LogP contribution in [0, 0.1) is 167 Å². The second-order valence-electron chi connectivity index (χ2n) is 36.7. The Kier molecular flexibility index (Phi) is 58.3. The summed E-state index contributed by atoms with van der Waals surface area (Å²) >= 11 is 1.96. The van der Waals surface area contributed by atoms with Crippen molar-refractivity contribution in [3.05, 3.63) is 107 Å². The lowest BCUT2D eigenvalue weighted by atomic mass is 9.76. The summed E-state index contributed by atoms with van der Waals surface area (Å²) in [5.41, 5.74) is 7.03. The minimum atomic E-state index is 0.740. The zero-order valence-corrected chi connectivity index (χ0v) is 74.3. The Labute approximate surface area is 618 Å². The summed E-state index contributed by atoms with van der Waals surface area (Å²) in [7, 11) is 0. The van der Waals surface area contributed by atoms with Gasteiger partial charge in [0.05, 0.1) is 0 Å². The minimum Gasteiger partial charge on any atom is -0.361 e. The van der Waals surface area contributed by atoms with Crippen molar-refractivity contribution >= 4 is 22.7 Å². The predicted molar refractivity (Wildman–Crippen MR) is 455 cm³/mol. The van der Waals surface area contributed by atoms with Gasteiger partial charge in [0, 0.05) is 17.1 Å². The molecule has 1 N–H and O–H groups in total. The molecule has 1 nitrogen and oxygen atoms in total. The number of para-hydroxylation sites is 1. The molecule has 0 aliphatic heterocycles. The van der Waals surface area contributed by atoms with Gasteiger partial charge in [0.25, 0.3) is 0 Å². The van der Waals surface area contributed by atoms with Crippen LogP contribution in [0.2, 0.25) is 0 Å². The first-order chi connectivity index (χ1) is 44.8. The Hall–Kier alpha value is -2.45. The van der Waals surface area contributed by atoms with E-state index >= 15 is 0 Å². The zero-order chi connectivity index (χ0) is 76.3. The van der Waals surface area contributed by atoms with Gasteiger partial charge in [-0.2, -0.15) is 11.8 Å². The molecule has 2 heteroatoms. The van der Waals surface area contributed by atoms with E-state index in [-0.39, 0.29) is 0 Å². The van der Waals surface area contributed by atoms with E-state index in [4.69, 9.17) is 0 Å². The molecule has 3 aromatic carbocycles. The van der Waals surface area contributed by atoms with E-state index in [1.807, 2.05) is 11.8 Å². The highest BCUT2D eigenvalue weighted by Gasteiger charge is 2.25. The number of aryl methyl sites for hydroxylation is 1. The molecule has 0 aliphatic rings. The van der Waals surface area contributed by atoms with Crippen LogP contribution in [0.1, 0.15) is 312 Å². The molecule has 0 amide bonds. The highest BCUT2D eigenvalue weighted by atomic mass is 32.2. The standard InChI is InChI=1S/C16H23N.C15H24.C14H22.2C11H24.C10H22S.C10H22.C8H18/c1-11(2)15(12(3)4)9-13-10-17-16-8-6-5-7-14(13)16;1-11(2)15(12(3)4)10-14-8-6-13(5)7-9-14;1-11(2)14(12(3)4)10-13-8-6-5-7-9-13;1-8(2)7-11(9(3)4)10(5)6;1-7-10(6)11(8(2)3)9(4)5;1-8(2)10(9(3)4)6-7-11-5;1-7(2)10(8(3)4)9(5)6;1-6(2)8(5)7(3)4/h5-8,10-12,15,17H,9H2,1-4H3;6-9,11-12,15H,10H2,1-5H3;5-9,11-12,14H,10H2,1-4H3;2*8-11H,7H2,1-6H3;8-10H,6-7H2,1-5H3;7-10H,1-6H3;6-8H,1-5H3. The van der Waals surface area contributed by atoms with E-state index in [1.165, 1.54) is 77.4 Å². The fraction of sp³-hybridized carbons (Fsp3) is 0.789. The van der Waals surface area contributed by atoms with E-state index in [0.717, 1.165) is 160 Å². The molecule has 0 spiro atoms. The molecule has 1 heterocycles. The summed E-state index contributed by atoms with van der Waals surface area (Å²) in [5, 5.41) is 1.39. The maximum absolute atomic E-state index is 3.37. The van der Waals surface area contributed by atoms with Crippen LogP contribution in [0.4, 0.5) is 0 Å². The molecule has 1 unspecified atom stereocenters. The average molecular weight is 1370 g/mol. The van der Waals surface area contributed by atoms with Crippen LogP contribution in [0.3, 0.4) is 0 Å². The van der Waals surface area contributed by atoms with Crippen LogP contribution in [-0.2, 0) is 19.3 Å². The van der Waals surface area contributed by atoms with Crippen molar-refractivity contribution in [2.45, 2.75) is 315 Å². The molecular formula is C95H179NS. The maximum atomic E-state index is 3.37. The van der Waals surface area contributed by atoms with Crippen LogP contribution in [0.15, 0.2) is 85.1 Å². The van der Waals surface area contributed by atoms with Crippen LogP contribution < -0.4 is 0 Å². The van der Waals surface area contributed by atoms with Crippen molar-refractivity contribution in [2.75, 3.05) is 12.0 Å². The number of hydrogen-bond acceptors (Lipinski definition) is 1. The van der Waals surface area contributed by atoms with E-state index in [0.29, 0.717) is 0 Å². The van der Waals surface area contributed by atoms with Crippen LogP contribution in [0.25, 0.3) is 10.9 Å². The zero-order valence-electron chi connectivity index (χ0n) is 73.5. The van der Waals surface area contributed by atoms with E-state index < -0.39 is 0 Å². The van der Waals surface area contributed by atoms with Gasteiger partial charge in [-0.15, -0.1) is 0 Å². The molecule has 4 rings (SSSR count). The Morgan fingerprint density at radius 2 is 0.660 bits per heavy atom. The van der Waals surface area contributed by atoms with Crippen molar-refractivity contribution in [1.82, 2.24) is 4.98 Å². The Morgan fingerprint density at radius 1 is 0.330 bits per heavy atom. The van der Waals surface area contributed by atoms with Gasteiger partial charge in [0.1, 0.15) is 0 Å². The molecule has 97 heavy (non-hydrogen) atoms. The Bertz CT molecular complexity index is 2250. The lowest BCUT2D eigenvalue weighted by Gasteiger charge is -2.30. The molecule has 4 aromatic rings. The summed E-state index contributed by atoms with van der Waals surface area (Å²) in [6.07, 6.45) is 12.1. The summed E-state index contributed by atoms with van der Waals surface area (Å²) in [4.78, 5) is 3.37. The first kappa shape index (κ1) is 101. The largest absolute Gasteiger partial charge is 0.361 e. The van der Waals surface area contributed by atoms with Gasteiger partial charge in [0.15, 0.2) is 0 Å². The van der Waals surface area contributed by atoms with Crippen molar-refractivity contribution in [3.63, 3.8) is 0 Å². The molecule has 0 saturated heterocycles. The number of fused-ring (bicyclic) bond motifs is 1. The second kappa shape index (κ2) is 56.1. The van der Waals surface area contributed by atoms with E-state index in [1.54, 1.807) is 0 Å². The number of rotatable bonds is 30. The van der Waals surface area contributed by atoms with Crippen molar-refractivity contribution in [3.8, 4) is 0 Å². The molecule has 0 fully saturated rings. The van der Waals surface area contributed by atoms with Crippen LogP contribution in [-0.4, -0.2) is 17.0 Å². The molecule has 0 aliphatic carbocycles. The van der Waals surface area contributed by atoms with Crippen LogP contribution in [0.5, 0.6) is 0 Å². The van der Waals surface area contributed by atoms with Gasteiger partial charge in [-0.3, -0.25) is 0 Å². The number of hydrogen-bond donors (Lipinski definition) is 1. The third-order valence-corrected chi connectivity index (χ3v) is 22.9. The van der Waals surface area contributed by atoms with Gasteiger partial charge in [-0.1, -0.05) is 355 Å². The molecule has 0 bridgehead atoms. The smallest absolute Gasteiger partial charge is 0.0456 e. The quantitative estimate of drug-likeness (QED) is 0.0550. The number of nitrogens with one attached hydrogen (secondary N) is 1. The first-order valence-electron chi connectivity index (χ1n) is 40.9. The Morgan fingerprint density at radius 3 is 0.928 bits per heavy atom. The SMILES string of the molecule is CC(C)C(C(C)C)C(C)C.CC(C)C(C)C(C)C.CC(C)C(Cc1c[nH]c2ccccc12)C(C)C.CC(C)C(Cc1ccccc1)C(C)C.CC(C)CC(C(C)C)C(C)C.CCC(C)C(C(C)C)C(C)C.CSCCC(C(C)C)C(C)C.Cc1ccc(CC(C(C)C)C(C)C)cc1. The first-order valence-corrected chi connectivity index (χ1v) is 42.3. The molecule has 570 valence electrons. The van der Waals surface area contributed by atoms with Crippen molar-refractivity contribution < 1.29 is 0 Å². The summed E-state index contributed by atoms with van der Waals surface area (Å²) in [6.45, 7) is 92.9. The highest BCUT2D eigenvalue weighted by Crippen LogP contribution is 2.33. The molecule has 0 saturated carbocycles. The molecule has 1 aromatic heterocycles. The Balaban J connectivity index is -0.000000515. The lowest BCUT2D eigenvalue weighted by Crippen LogP contribution is -2.22. The van der Waals surface area contributed by atoms with E-state index in [9.17, 15) is 0 Å². The fourth-order valence-corrected chi connectivity index (χ4v) is 16.7.